The normalized spacial score (nSPS) is 11.0. The summed E-state index contributed by atoms with van der Waals surface area (Å²) in [5, 5.41) is 1.06. The molecule has 2 N–H and O–H groups in total. The van der Waals surface area contributed by atoms with E-state index in [1.54, 1.807) is 4.57 Å². The molecule has 1 aromatic heterocycles. The lowest BCUT2D eigenvalue weighted by Gasteiger charge is -2.12. The van der Waals surface area contributed by atoms with E-state index in [4.69, 9.17) is 5.73 Å². The van der Waals surface area contributed by atoms with Crippen molar-refractivity contribution in [2.24, 2.45) is 7.05 Å². The molecule has 2 aromatic carbocycles. The van der Waals surface area contributed by atoms with E-state index in [0.29, 0.717) is 11.3 Å². The van der Waals surface area contributed by atoms with Crippen LogP contribution in [-0.2, 0) is 7.05 Å². The number of nitrogen functional groups attached to an aromatic ring is 1. The molecule has 0 saturated heterocycles. The summed E-state index contributed by atoms with van der Waals surface area (Å²) in [6.07, 6.45) is 0. The van der Waals surface area contributed by atoms with Gasteiger partial charge in [0.05, 0.1) is 5.52 Å². The molecule has 0 spiro atoms. The maximum Gasteiger partial charge on any atom is 0.258 e. The average Bonchev–Trinajstić information content (AvgIpc) is 2.46. The molecule has 21 heavy (non-hydrogen) atoms. The van der Waals surface area contributed by atoms with Gasteiger partial charge in [0, 0.05) is 18.3 Å². The number of fused-ring (bicyclic) bond motifs is 1. The monoisotopic (exact) mass is 278 g/mol. The largest absolute Gasteiger partial charge is 0.399 e. The van der Waals surface area contributed by atoms with Crippen molar-refractivity contribution >= 4 is 16.6 Å². The van der Waals surface area contributed by atoms with E-state index in [2.05, 4.69) is 12.1 Å². The van der Waals surface area contributed by atoms with Crippen molar-refractivity contribution in [1.82, 2.24) is 4.57 Å². The van der Waals surface area contributed by atoms with Gasteiger partial charge in [-0.3, -0.25) is 4.79 Å². The van der Waals surface area contributed by atoms with Crippen LogP contribution in [0, 0.1) is 13.8 Å². The van der Waals surface area contributed by atoms with E-state index in [1.807, 2.05) is 51.2 Å². The molecular formula is C18H18N2O. The van der Waals surface area contributed by atoms with Crippen LogP contribution in [0.5, 0.6) is 0 Å². The van der Waals surface area contributed by atoms with Crippen LogP contribution < -0.4 is 11.3 Å². The van der Waals surface area contributed by atoms with Gasteiger partial charge < -0.3 is 10.3 Å². The van der Waals surface area contributed by atoms with Gasteiger partial charge in [0.2, 0.25) is 0 Å². The Morgan fingerprint density at radius 3 is 2.48 bits per heavy atom. The van der Waals surface area contributed by atoms with Crippen molar-refractivity contribution in [3.8, 4) is 11.1 Å². The summed E-state index contributed by atoms with van der Waals surface area (Å²) in [6, 6.07) is 13.8. The fraction of sp³-hybridized carbons (Fsp3) is 0.167. The minimum Gasteiger partial charge on any atom is -0.399 e. The summed E-state index contributed by atoms with van der Waals surface area (Å²) in [5.41, 5.74) is 11.3. The number of hydrogen-bond acceptors (Lipinski definition) is 2. The van der Waals surface area contributed by atoms with E-state index in [-0.39, 0.29) is 5.56 Å². The number of nitrogens with two attached hydrogens (primary N) is 1. The van der Waals surface area contributed by atoms with E-state index < -0.39 is 0 Å². The highest BCUT2D eigenvalue weighted by Crippen LogP contribution is 2.26. The van der Waals surface area contributed by atoms with Crippen molar-refractivity contribution in [3.05, 3.63) is 63.9 Å². The predicted molar refractivity (Wildman–Crippen MR) is 88.5 cm³/mol. The number of hydrogen-bond donors (Lipinski definition) is 1. The van der Waals surface area contributed by atoms with Gasteiger partial charge in [-0.05, 0) is 60.2 Å². The smallest absolute Gasteiger partial charge is 0.258 e. The molecule has 106 valence electrons. The zero-order valence-corrected chi connectivity index (χ0v) is 12.5. The quantitative estimate of drug-likeness (QED) is 0.693. The lowest BCUT2D eigenvalue weighted by molar-refractivity contribution is 0.908. The van der Waals surface area contributed by atoms with Gasteiger partial charge >= 0.3 is 0 Å². The molecule has 0 amide bonds. The number of aryl methyl sites for hydroxylation is 3. The van der Waals surface area contributed by atoms with Gasteiger partial charge in [0.25, 0.3) is 5.56 Å². The summed E-state index contributed by atoms with van der Waals surface area (Å²) in [7, 11) is 1.81. The Balaban J connectivity index is 2.39. The molecule has 3 heteroatoms. The first-order valence-electron chi connectivity index (χ1n) is 6.94. The van der Waals surface area contributed by atoms with Crippen molar-refractivity contribution in [2.75, 3.05) is 5.73 Å². The van der Waals surface area contributed by atoms with Crippen LogP contribution in [0.15, 0.2) is 47.3 Å². The highest BCUT2D eigenvalue weighted by molar-refractivity contribution is 5.85. The van der Waals surface area contributed by atoms with Crippen LogP contribution >= 0.6 is 0 Å². The third-order valence-corrected chi connectivity index (χ3v) is 3.93. The van der Waals surface area contributed by atoms with Crippen LogP contribution in [0.4, 0.5) is 5.69 Å². The summed E-state index contributed by atoms with van der Waals surface area (Å²) in [6.45, 7) is 4.02. The summed E-state index contributed by atoms with van der Waals surface area (Å²) < 4.78 is 1.71. The Morgan fingerprint density at radius 2 is 1.71 bits per heavy atom. The topological polar surface area (TPSA) is 48.0 Å². The Kier molecular flexibility index (Phi) is 3.05. The fourth-order valence-electron chi connectivity index (χ4n) is 2.70. The number of rotatable bonds is 1. The van der Waals surface area contributed by atoms with Crippen molar-refractivity contribution < 1.29 is 0 Å². The highest BCUT2D eigenvalue weighted by atomic mass is 16.1. The molecular weight excluding hydrogens is 260 g/mol. The van der Waals surface area contributed by atoms with E-state index in [1.165, 1.54) is 0 Å². The van der Waals surface area contributed by atoms with Gasteiger partial charge in [-0.2, -0.15) is 0 Å². The van der Waals surface area contributed by atoms with E-state index >= 15 is 0 Å². The van der Waals surface area contributed by atoms with Gasteiger partial charge in [-0.15, -0.1) is 0 Å². The second-order valence-corrected chi connectivity index (χ2v) is 5.56. The number of anilines is 1. The maximum absolute atomic E-state index is 12.7. The zero-order chi connectivity index (χ0) is 15.1. The van der Waals surface area contributed by atoms with Crippen LogP contribution in [0.2, 0.25) is 0 Å². The molecule has 0 unspecified atom stereocenters. The molecule has 0 aliphatic rings. The molecule has 0 aliphatic heterocycles. The molecule has 3 rings (SSSR count). The molecule has 1 heterocycles. The maximum atomic E-state index is 12.7. The van der Waals surface area contributed by atoms with Crippen molar-refractivity contribution in [3.63, 3.8) is 0 Å². The SMILES string of the molecule is Cc1ccc2cc(-c3cc(N)ccc3C)c(=O)n(C)c2c1. The first kappa shape index (κ1) is 13.4. The minimum absolute atomic E-state index is 0.00167. The van der Waals surface area contributed by atoms with Crippen LogP contribution in [0.3, 0.4) is 0 Å². The molecule has 0 radical (unpaired) electrons. The zero-order valence-electron chi connectivity index (χ0n) is 12.5. The van der Waals surface area contributed by atoms with Gasteiger partial charge in [-0.25, -0.2) is 0 Å². The summed E-state index contributed by atoms with van der Waals surface area (Å²) >= 11 is 0. The first-order chi connectivity index (χ1) is 9.97. The first-order valence-corrected chi connectivity index (χ1v) is 6.94. The predicted octanol–water partition coefficient (Wildman–Crippen LogP) is 3.40. The van der Waals surface area contributed by atoms with E-state index in [9.17, 15) is 4.79 Å². The van der Waals surface area contributed by atoms with Crippen LogP contribution in [0.1, 0.15) is 11.1 Å². The minimum atomic E-state index is 0.00167. The average molecular weight is 278 g/mol. The second-order valence-electron chi connectivity index (χ2n) is 5.56. The molecule has 0 aliphatic carbocycles. The summed E-state index contributed by atoms with van der Waals surface area (Å²) in [4.78, 5) is 12.7. The lowest BCUT2D eigenvalue weighted by atomic mass is 9.99. The Bertz CT molecular complexity index is 907. The molecule has 0 atom stereocenters. The van der Waals surface area contributed by atoms with E-state index in [0.717, 1.165) is 27.6 Å². The summed E-state index contributed by atoms with van der Waals surface area (Å²) in [5.74, 6) is 0. The Labute approximate surface area is 123 Å². The van der Waals surface area contributed by atoms with Crippen molar-refractivity contribution in [2.45, 2.75) is 13.8 Å². The van der Waals surface area contributed by atoms with Gasteiger partial charge in [-0.1, -0.05) is 18.2 Å². The number of benzene rings is 2. The van der Waals surface area contributed by atoms with Gasteiger partial charge in [0.15, 0.2) is 0 Å². The second kappa shape index (κ2) is 4.77. The van der Waals surface area contributed by atoms with Crippen LogP contribution in [0.25, 0.3) is 22.0 Å². The van der Waals surface area contributed by atoms with Crippen LogP contribution in [-0.4, -0.2) is 4.57 Å². The fourth-order valence-corrected chi connectivity index (χ4v) is 2.70. The molecule has 3 nitrogen and oxygen atoms in total. The highest BCUT2D eigenvalue weighted by Gasteiger charge is 2.11. The third kappa shape index (κ3) is 2.21. The molecule has 0 saturated carbocycles. The van der Waals surface area contributed by atoms with Crippen molar-refractivity contribution in [1.29, 1.82) is 0 Å². The molecule has 0 fully saturated rings. The third-order valence-electron chi connectivity index (χ3n) is 3.93. The number of pyridine rings is 1. The molecule has 0 bridgehead atoms. The number of nitrogens with zero attached hydrogens (tertiary/aromatic N) is 1. The lowest BCUT2D eigenvalue weighted by Crippen LogP contribution is -2.19. The standard InChI is InChI=1S/C18H18N2O/c1-11-4-6-13-9-16(18(21)20(3)17(13)8-11)15-10-14(19)7-5-12(15)2/h4-10H,19H2,1-3H3. The molecule has 3 aromatic rings. The Morgan fingerprint density at radius 1 is 0.952 bits per heavy atom. The number of aromatic nitrogens is 1. The van der Waals surface area contributed by atoms with Gasteiger partial charge in [0.1, 0.15) is 0 Å². The Hall–Kier alpha value is -2.55.